The number of benzene rings is 1. The van der Waals surface area contributed by atoms with Crippen LogP contribution in [0, 0.1) is 6.92 Å². The molecule has 0 aliphatic heterocycles. The Balaban J connectivity index is 2.55. The zero-order chi connectivity index (χ0) is 12.0. The first kappa shape index (κ1) is 13.1. The molecule has 0 N–H and O–H groups in total. The van der Waals surface area contributed by atoms with Crippen LogP contribution in [0.15, 0.2) is 24.3 Å². The summed E-state index contributed by atoms with van der Waals surface area (Å²) in [7, 11) is -1.01. The van der Waals surface area contributed by atoms with Gasteiger partial charge in [-0.1, -0.05) is 37.1 Å². The standard InChI is InChI=1S/C13H18O2S/c1-3-4-8-16(15)10-13(14)12-7-5-6-11(2)9-12/h5-7,9H,3-4,8,10H2,1-2H3. The van der Waals surface area contributed by atoms with Crippen LogP contribution < -0.4 is 0 Å². The van der Waals surface area contributed by atoms with E-state index >= 15 is 0 Å². The highest BCUT2D eigenvalue weighted by Crippen LogP contribution is 2.06. The van der Waals surface area contributed by atoms with Gasteiger partial charge in [-0.15, -0.1) is 0 Å². The van der Waals surface area contributed by atoms with Crippen LogP contribution in [0.3, 0.4) is 0 Å². The average Bonchev–Trinajstić information content (AvgIpc) is 2.26. The van der Waals surface area contributed by atoms with Gasteiger partial charge in [-0.2, -0.15) is 0 Å². The number of carbonyl (C=O) groups excluding carboxylic acids is 1. The molecule has 1 atom stereocenters. The van der Waals surface area contributed by atoms with Crippen LogP contribution in [0.25, 0.3) is 0 Å². The molecule has 1 unspecified atom stereocenters. The van der Waals surface area contributed by atoms with Gasteiger partial charge in [0, 0.05) is 22.1 Å². The third kappa shape index (κ3) is 4.27. The van der Waals surface area contributed by atoms with Gasteiger partial charge >= 0.3 is 0 Å². The molecule has 3 heteroatoms. The lowest BCUT2D eigenvalue weighted by Gasteiger charge is -2.02. The molecule has 1 rings (SSSR count). The van der Waals surface area contributed by atoms with Gasteiger partial charge in [-0.05, 0) is 19.4 Å². The zero-order valence-electron chi connectivity index (χ0n) is 9.86. The fourth-order valence-electron chi connectivity index (χ4n) is 1.43. The van der Waals surface area contributed by atoms with E-state index in [0.717, 1.165) is 18.4 Å². The van der Waals surface area contributed by atoms with Crippen molar-refractivity contribution in [3.8, 4) is 0 Å². The van der Waals surface area contributed by atoms with Crippen molar-refractivity contribution in [1.82, 2.24) is 0 Å². The van der Waals surface area contributed by atoms with E-state index in [9.17, 15) is 9.00 Å². The van der Waals surface area contributed by atoms with Crippen LogP contribution in [-0.2, 0) is 10.8 Å². The Morgan fingerprint density at radius 3 is 2.75 bits per heavy atom. The molecule has 0 amide bonds. The molecule has 0 aromatic heterocycles. The quantitative estimate of drug-likeness (QED) is 0.714. The van der Waals surface area contributed by atoms with Crippen molar-refractivity contribution < 1.29 is 9.00 Å². The monoisotopic (exact) mass is 238 g/mol. The van der Waals surface area contributed by atoms with E-state index in [1.54, 1.807) is 6.07 Å². The fourth-order valence-corrected chi connectivity index (χ4v) is 2.64. The molecule has 0 aliphatic rings. The summed E-state index contributed by atoms with van der Waals surface area (Å²) in [5.41, 5.74) is 1.73. The van der Waals surface area contributed by atoms with Crippen LogP contribution >= 0.6 is 0 Å². The van der Waals surface area contributed by atoms with Gasteiger partial charge in [0.15, 0.2) is 5.78 Å². The Morgan fingerprint density at radius 1 is 1.38 bits per heavy atom. The average molecular weight is 238 g/mol. The third-order valence-electron chi connectivity index (χ3n) is 2.36. The lowest BCUT2D eigenvalue weighted by atomic mass is 10.1. The molecule has 0 fully saturated rings. The van der Waals surface area contributed by atoms with Gasteiger partial charge in [0.1, 0.15) is 0 Å². The molecule has 0 radical (unpaired) electrons. The SMILES string of the molecule is CCCCS(=O)CC(=O)c1cccc(C)c1. The Morgan fingerprint density at radius 2 is 2.12 bits per heavy atom. The molecular weight excluding hydrogens is 220 g/mol. The van der Waals surface area contributed by atoms with E-state index in [0.29, 0.717) is 11.3 Å². The fraction of sp³-hybridized carbons (Fsp3) is 0.462. The maximum absolute atomic E-state index is 11.8. The second kappa shape index (κ2) is 6.59. The lowest BCUT2D eigenvalue weighted by Crippen LogP contribution is -2.13. The summed E-state index contributed by atoms with van der Waals surface area (Å²) in [5, 5.41) is 0. The molecule has 0 heterocycles. The Labute approximate surface area is 99.5 Å². The van der Waals surface area contributed by atoms with Crippen molar-refractivity contribution in [3.63, 3.8) is 0 Å². The second-order valence-corrected chi connectivity index (χ2v) is 5.51. The molecule has 0 aliphatic carbocycles. The highest BCUT2D eigenvalue weighted by molar-refractivity contribution is 7.85. The number of aryl methyl sites for hydroxylation is 1. The summed E-state index contributed by atoms with van der Waals surface area (Å²) in [6.45, 7) is 4.00. The number of rotatable bonds is 6. The molecule has 2 nitrogen and oxygen atoms in total. The normalized spacial score (nSPS) is 12.4. The second-order valence-electron chi connectivity index (χ2n) is 3.93. The smallest absolute Gasteiger partial charge is 0.175 e. The van der Waals surface area contributed by atoms with Gasteiger partial charge in [-0.3, -0.25) is 9.00 Å². The molecule has 0 saturated carbocycles. The molecule has 1 aromatic carbocycles. The van der Waals surface area contributed by atoms with Crippen molar-refractivity contribution >= 4 is 16.6 Å². The zero-order valence-corrected chi connectivity index (χ0v) is 10.7. The lowest BCUT2D eigenvalue weighted by molar-refractivity contribution is 0.102. The molecule has 0 spiro atoms. The maximum Gasteiger partial charge on any atom is 0.175 e. The summed E-state index contributed by atoms with van der Waals surface area (Å²) < 4.78 is 11.6. The van der Waals surface area contributed by atoms with E-state index in [4.69, 9.17) is 0 Å². The van der Waals surface area contributed by atoms with Gasteiger partial charge in [-0.25, -0.2) is 0 Å². The molecule has 0 saturated heterocycles. The van der Waals surface area contributed by atoms with E-state index in [2.05, 4.69) is 6.92 Å². The summed E-state index contributed by atoms with van der Waals surface area (Å²) >= 11 is 0. The molecule has 88 valence electrons. The van der Waals surface area contributed by atoms with E-state index in [-0.39, 0.29) is 11.5 Å². The van der Waals surface area contributed by atoms with Crippen LogP contribution in [-0.4, -0.2) is 21.5 Å². The predicted octanol–water partition coefficient (Wildman–Crippen LogP) is 2.73. The first-order valence-electron chi connectivity index (χ1n) is 5.58. The summed E-state index contributed by atoms with van der Waals surface area (Å²) in [5.74, 6) is 0.774. The van der Waals surface area contributed by atoms with E-state index in [1.807, 2.05) is 25.1 Å². The van der Waals surface area contributed by atoms with Crippen LogP contribution in [0.4, 0.5) is 0 Å². The topological polar surface area (TPSA) is 34.1 Å². The van der Waals surface area contributed by atoms with Crippen molar-refractivity contribution in [1.29, 1.82) is 0 Å². The minimum absolute atomic E-state index is 0.0156. The van der Waals surface area contributed by atoms with E-state index < -0.39 is 10.8 Å². The minimum Gasteiger partial charge on any atom is -0.293 e. The summed E-state index contributed by atoms with van der Waals surface area (Å²) in [6, 6.07) is 7.44. The van der Waals surface area contributed by atoms with Crippen molar-refractivity contribution in [2.75, 3.05) is 11.5 Å². The third-order valence-corrected chi connectivity index (χ3v) is 3.69. The maximum atomic E-state index is 11.8. The van der Waals surface area contributed by atoms with Crippen LogP contribution in [0.2, 0.25) is 0 Å². The van der Waals surface area contributed by atoms with Crippen molar-refractivity contribution in [3.05, 3.63) is 35.4 Å². The summed E-state index contributed by atoms with van der Waals surface area (Å²) in [4.78, 5) is 11.8. The van der Waals surface area contributed by atoms with Crippen molar-refractivity contribution in [2.45, 2.75) is 26.7 Å². The first-order valence-corrected chi connectivity index (χ1v) is 7.07. The predicted molar refractivity (Wildman–Crippen MR) is 68.3 cm³/mol. The Hall–Kier alpha value is -0.960. The number of carbonyl (C=O) groups is 1. The van der Waals surface area contributed by atoms with Gasteiger partial charge < -0.3 is 0 Å². The Bertz CT molecular complexity index is 385. The molecule has 1 aromatic rings. The highest BCUT2D eigenvalue weighted by Gasteiger charge is 2.10. The Kier molecular flexibility index (Phi) is 5.39. The van der Waals surface area contributed by atoms with Gasteiger partial charge in [0.25, 0.3) is 0 Å². The largest absolute Gasteiger partial charge is 0.293 e. The van der Waals surface area contributed by atoms with Gasteiger partial charge in [0.05, 0.1) is 5.75 Å². The number of unbranched alkanes of at least 4 members (excludes halogenated alkanes) is 1. The number of ketones is 1. The van der Waals surface area contributed by atoms with Crippen molar-refractivity contribution in [2.24, 2.45) is 0 Å². The summed E-state index contributed by atoms with van der Waals surface area (Å²) in [6.07, 6.45) is 1.94. The first-order chi connectivity index (χ1) is 7.63. The van der Waals surface area contributed by atoms with Crippen LogP contribution in [0.1, 0.15) is 35.7 Å². The van der Waals surface area contributed by atoms with Crippen LogP contribution in [0.5, 0.6) is 0 Å². The molecule has 0 bridgehead atoms. The highest BCUT2D eigenvalue weighted by atomic mass is 32.2. The number of Topliss-reactive ketones (excluding diaryl/α,β-unsaturated/α-hetero) is 1. The molecule has 16 heavy (non-hydrogen) atoms. The number of hydrogen-bond donors (Lipinski definition) is 0. The van der Waals surface area contributed by atoms with E-state index in [1.165, 1.54) is 0 Å². The molecular formula is C13H18O2S. The van der Waals surface area contributed by atoms with Gasteiger partial charge in [0.2, 0.25) is 0 Å². The minimum atomic E-state index is -1.01. The number of hydrogen-bond acceptors (Lipinski definition) is 2.